The highest BCUT2D eigenvalue weighted by Gasteiger charge is 2.27. The van der Waals surface area contributed by atoms with Crippen LogP contribution >= 0.6 is 23.1 Å². The van der Waals surface area contributed by atoms with Crippen molar-refractivity contribution < 1.29 is 19.8 Å². The van der Waals surface area contributed by atoms with Crippen molar-refractivity contribution in [2.24, 2.45) is 4.99 Å². The van der Waals surface area contributed by atoms with Gasteiger partial charge in [-0.05, 0) is 16.9 Å². The average molecular weight is 298 g/mol. The molecular weight excluding hydrogens is 288 g/mol. The largest absolute Gasteiger partial charge is 0.473 e. The summed E-state index contributed by atoms with van der Waals surface area (Å²) in [6, 6.07) is 4.62. The number of aliphatic imine (C=N–C) groups is 1. The summed E-state index contributed by atoms with van der Waals surface area (Å²) < 4.78 is 0. The molecule has 0 radical (unpaired) electrons. The van der Waals surface area contributed by atoms with Crippen LogP contribution in [0.2, 0.25) is 0 Å². The highest BCUT2D eigenvalue weighted by Crippen LogP contribution is 2.34. The van der Waals surface area contributed by atoms with Crippen molar-refractivity contribution >= 4 is 40.2 Å². The summed E-state index contributed by atoms with van der Waals surface area (Å²) in [6.45, 7) is 1.01. The van der Waals surface area contributed by atoms with Crippen molar-refractivity contribution in [3.8, 4) is 0 Å². The molecule has 2 N–H and O–H groups in total. The van der Waals surface area contributed by atoms with Gasteiger partial charge < -0.3 is 15.1 Å². The van der Waals surface area contributed by atoms with Crippen molar-refractivity contribution in [2.75, 3.05) is 6.54 Å². The van der Waals surface area contributed by atoms with Gasteiger partial charge in [-0.15, -0.1) is 11.3 Å². The molecule has 8 heteroatoms. The lowest BCUT2D eigenvalue weighted by molar-refractivity contribution is -0.159. The summed E-state index contributed by atoms with van der Waals surface area (Å²) in [7, 11) is 0. The molecule has 6 nitrogen and oxygen atoms in total. The Morgan fingerprint density at radius 1 is 1.37 bits per heavy atom. The molecule has 0 saturated heterocycles. The summed E-state index contributed by atoms with van der Waals surface area (Å²) >= 11 is 3.51. The Labute approximate surface area is 117 Å². The molecular formula is C11H10N2O4S2. The zero-order valence-corrected chi connectivity index (χ0v) is 11.2. The van der Waals surface area contributed by atoms with Crippen LogP contribution in [0.25, 0.3) is 0 Å². The van der Waals surface area contributed by atoms with Crippen LogP contribution in [-0.2, 0) is 9.59 Å². The molecule has 3 rings (SSSR count). The van der Waals surface area contributed by atoms with Crippen LogP contribution in [0.5, 0.6) is 0 Å². The minimum Gasteiger partial charge on any atom is -0.473 e. The van der Waals surface area contributed by atoms with Gasteiger partial charge in [0.1, 0.15) is 6.04 Å². The molecule has 0 spiro atoms. The molecule has 0 bridgehead atoms. The van der Waals surface area contributed by atoms with E-state index >= 15 is 0 Å². The van der Waals surface area contributed by atoms with Gasteiger partial charge in [0.05, 0.1) is 6.54 Å². The number of hydrogen-bond acceptors (Lipinski definition) is 6. The number of aliphatic carboxylic acids is 2. The standard InChI is InChI=1S/C9H8N2S2.C2H2O4/c1-2-8(12-4-1)7-6-11-3-5-13-9(11)10-7;3-1(4)2(5)6/h1-5,7H,6H2;(H,3,4)(H,5,6)/t7-;/m1./s1. The number of thiophene rings is 1. The van der Waals surface area contributed by atoms with Crippen molar-refractivity contribution in [1.82, 2.24) is 4.90 Å². The molecule has 0 unspecified atom stereocenters. The molecule has 2 aliphatic heterocycles. The second kappa shape index (κ2) is 5.89. The van der Waals surface area contributed by atoms with Gasteiger partial charge in [-0.25, -0.2) is 9.59 Å². The van der Waals surface area contributed by atoms with Gasteiger partial charge in [0, 0.05) is 11.1 Å². The first-order valence-corrected chi connectivity index (χ1v) is 7.01. The van der Waals surface area contributed by atoms with Crippen LogP contribution in [0.15, 0.2) is 34.1 Å². The SMILES string of the molecule is C1=CN2C[C@H](c3cccs3)N=C2S1.O=C(O)C(=O)O. The topological polar surface area (TPSA) is 90.2 Å². The first kappa shape index (κ1) is 13.6. The summed E-state index contributed by atoms with van der Waals surface area (Å²) in [6.07, 6.45) is 2.11. The fourth-order valence-electron chi connectivity index (χ4n) is 1.53. The van der Waals surface area contributed by atoms with E-state index in [1.807, 2.05) is 0 Å². The molecule has 0 aliphatic carbocycles. The average Bonchev–Trinajstić information content (AvgIpc) is 3.05. The molecule has 100 valence electrons. The van der Waals surface area contributed by atoms with E-state index in [4.69, 9.17) is 19.8 Å². The van der Waals surface area contributed by atoms with E-state index in [2.05, 4.69) is 39.0 Å². The highest BCUT2D eigenvalue weighted by molar-refractivity contribution is 8.16. The Hall–Kier alpha value is -1.80. The van der Waals surface area contributed by atoms with Crippen LogP contribution in [0.3, 0.4) is 0 Å². The van der Waals surface area contributed by atoms with Crippen LogP contribution < -0.4 is 0 Å². The van der Waals surface area contributed by atoms with Gasteiger partial charge in [0.15, 0.2) is 5.17 Å². The first-order valence-electron chi connectivity index (χ1n) is 5.25. The lowest BCUT2D eigenvalue weighted by Gasteiger charge is -2.08. The van der Waals surface area contributed by atoms with Gasteiger partial charge in [-0.2, -0.15) is 0 Å². The van der Waals surface area contributed by atoms with E-state index in [1.165, 1.54) is 4.88 Å². The number of amidine groups is 1. The van der Waals surface area contributed by atoms with E-state index in [-0.39, 0.29) is 0 Å². The molecule has 2 aliphatic rings. The second-order valence-electron chi connectivity index (χ2n) is 3.61. The number of nitrogens with zero attached hydrogens (tertiary/aromatic N) is 2. The quantitative estimate of drug-likeness (QED) is 0.769. The molecule has 1 aromatic rings. The van der Waals surface area contributed by atoms with Crippen molar-refractivity contribution in [3.63, 3.8) is 0 Å². The molecule has 1 atom stereocenters. The summed E-state index contributed by atoms with van der Waals surface area (Å²) in [4.78, 5) is 26.4. The number of carbonyl (C=O) groups is 2. The first-order chi connectivity index (χ1) is 9.08. The maximum absolute atomic E-state index is 9.10. The molecule has 3 heterocycles. The van der Waals surface area contributed by atoms with Crippen LogP contribution in [-0.4, -0.2) is 38.8 Å². The summed E-state index contributed by atoms with van der Waals surface area (Å²) in [5, 5.41) is 20.1. The fraction of sp³-hybridized carbons (Fsp3) is 0.182. The Kier molecular flexibility index (Phi) is 4.23. The van der Waals surface area contributed by atoms with Gasteiger partial charge in [0.2, 0.25) is 0 Å². The molecule has 0 fully saturated rings. The minimum absolute atomic E-state index is 0.368. The van der Waals surface area contributed by atoms with E-state index in [1.54, 1.807) is 23.1 Å². The number of carboxylic acids is 2. The van der Waals surface area contributed by atoms with Crippen molar-refractivity contribution in [3.05, 3.63) is 34.0 Å². The maximum Gasteiger partial charge on any atom is 0.414 e. The van der Waals surface area contributed by atoms with E-state index < -0.39 is 11.9 Å². The van der Waals surface area contributed by atoms with Crippen molar-refractivity contribution in [1.29, 1.82) is 0 Å². The predicted octanol–water partition coefficient (Wildman–Crippen LogP) is 1.83. The Balaban J connectivity index is 0.000000192. The number of fused-ring (bicyclic) bond motifs is 1. The number of hydrogen-bond donors (Lipinski definition) is 2. The van der Waals surface area contributed by atoms with Crippen LogP contribution in [0, 0.1) is 0 Å². The minimum atomic E-state index is -1.82. The smallest absolute Gasteiger partial charge is 0.414 e. The summed E-state index contributed by atoms with van der Waals surface area (Å²) in [5.74, 6) is -3.65. The number of carboxylic acid groups (broad SMARTS) is 2. The van der Waals surface area contributed by atoms with Crippen molar-refractivity contribution in [2.45, 2.75) is 6.04 Å². The molecule has 0 saturated carbocycles. The Morgan fingerprint density at radius 3 is 2.63 bits per heavy atom. The molecule has 1 aromatic heterocycles. The van der Waals surface area contributed by atoms with E-state index in [9.17, 15) is 0 Å². The van der Waals surface area contributed by atoms with Crippen LogP contribution in [0.4, 0.5) is 0 Å². The molecule has 0 amide bonds. The van der Waals surface area contributed by atoms with Crippen LogP contribution in [0.1, 0.15) is 10.9 Å². The van der Waals surface area contributed by atoms with Gasteiger partial charge in [-0.1, -0.05) is 17.8 Å². The lowest BCUT2D eigenvalue weighted by atomic mass is 10.2. The fourth-order valence-corrected chi connectivity index (χ4v) is 3.08. The maximum atomic E-state index is 9.10. The summed E-state index contributed by atoms with van der Waals surface area (Å²) in [5.41, 5.74) is 0. The van der Waals surface area contributed by atoms with Gasteiger partial charge in [-0.3, -0.25) is 4.99 Å². The Morgan fingerprint density at radius 2 is 2.11 bits per heavy atom. The third-order valence-corrected chi connectivity index (χ3v) is 4.13. The van der Waals surface area contributed by atoms with Gasteiger partial charge in [0.25, 0.3) is 0 Å². The lowest BCUT2D eigenvalue weighted by Crippen LogP contribution is -2.15. The second-order valence-corrected chi connectivity index (χ2v) is 5.46. The third-order valence-electron chi connectivity index (χ3n) is 2.35. The monoisotopic (exact) mass is 298 g/mol. The third kappa shape index (κ3) is 3.36. The Bertz CT molecular complexity index is 527. The normalized spacial score (nSPS) is 19.5. The van der Waals surface area contributed by atoms with E-state index in [0.717, 1.165) is 11.7 Å². The zero-order chi connectivity index (χ0) is 13.8. The number of rotatable bonds is 1. The zero-order valence-electron chi connectivity index (χ0n) is 9.59. The van der Waals surface area contributed by atoms with Gasteiger partial charge >= 0.3 is 11.9 Å². The molecule has 0 aromatic carbocycles. The highest BCUT2D eigenvalue weighted by atomic mass is 32.2. The predicted molar refractivity (Wildman–Crippen MR) is 73.2 cm³/mol. The molecule has 19 heavy (non-hydrogen) atoms. The number of thioether (sulfide) groups is 1. The van der Waals surface area contributed by atoms with E-state index in [0.29, 0.717) is 6.04 Å².